The summed E-state index contributed by atoms with van der Waals surface area (Å²) in [6.45, 7) is 5.35. The van der Waals surface area contributed by atoms with Crippen LogP contribution in [0.25, 0.3) is 0 Å². The molecule has 0 radical (unpaired) electrons. The molecule has 34 heavy (non-hydrogen) atoms. The Kier molecular flexibility index (Phi) is 12.1. The van der Waals surface area contributed by atoms with Gasteiger partial charge in [0.1, 0.15) is 18.1 Å². The Bertz CT molecular complexity index is 856. The van der Waals surface area contributed by atoms with Crippen molar-refractivity contribution in [3.63, 3.8) is 0 Å². The molecule has 0 bridgehead atoms. The van der Waals surface area contributed by atoms with Crippen molar-refractivity contribution in [3.05, 3.63) is 35.9 Å². The topological polar surface area (TPSA) is 195 Å². The monoisotopic (exact) mass is 475 g/mol. The zero-order valence-corrected chi connectivity index (χ0v) is 20.0. The fraction of sp³-hybridized carbons (Fsp3) is 0.522. The van der Waals surface area contributed by atoms with Crippen LogP contribution in [0.3, 0.4) is 0 Å². The maximum Gasteiger partial charge on any atom is 0.243 e. The summed E-state index contributed by atoms with van der Waals surface area (Å²) in [5, 5.41) is 8.02. The van der Waals surface area contributed by atoms with Crippen LogP contribution in [0.4, 0.5) is 0 Å². The highest BCUT2D eigenvalue weighted by Gasteiger charge is 2.30. The molecule has 0 spiro atoms. The number of guanidine groups is 1. The molecule has 0 saturated heterocycles. The van der Waals surface area contributed by atoms with E-state index in [2.05, 4.69) is 20.9 Å². The Balaban J connectivity index is 3.03. The highest BCUT2D eigenvalue weighted by Crippen LogP contribution is 2.10. The lowest BCUT2D eigenvalue weighted by molar-refractivity contribution is -0.133. The molecule has 4 amide bonds. The van der Waals surface area contributed by atoms with E-state index in [4.69, 9.17) is 17.2 Å². The number of amides is 4. The Morgan fingerprint density at radius 2 is 1.56 bits per heavy atom. The summed E-state index contributed by atoms with van der Waals surface area (Å²) in [6, 6.07) is 6.38. The van der Waals surface area contributed by atoms with Crippen LogP contribution in [0.1, 0.15) is 45.6 Å². The van der Waals surface area contributed by atoms with Gasteiger partial charge in [-0.1, -0.05) is 50.6 Å². The number of nitrogens with two attached hydrogens (primary N) is 3. The molecule has 0 fully saturated rings. The van der Waals surface area contributed by atoms with Crippen molar-refractivity contribution in [1.82, 2.24) is 16.0 Å². The molecule has 11 nitrogen and oxygen atoms in total. The van der Waals surface area contributed by atoms with Gasteiger partial charge in [-0.3, -0.25) is 24.2 Å². The molecule has 0 aliphatic rings. The maximum atomic E-state index is 13.1. The minimum atomic E-state index is -0.991. The SMILES string of the molecule is CC[C@H](C)[C@H](NC(C)=O)C(=O)N[C@@H](Cc1ccccc1)C(=O)N[C@@H](CCCN=C(N)N)C(N)=O. The first-order valence-corrected chi connectivity index (χ1v) is 11.3. The number of hydrogen-bond donors (Lipinski definition) is 6. The maximum absolute atomic E-state index is 13.1. The summed E-state index contributed by atoms with van der Waals surface area (Å²) in [6.07, 6.45) is 1.48. The molecule has 1 rings (SSSR count). The van der Waals surface area contributed by atoms with Crippen LogP contribution in [0, 0.1) is 5.92 Å². The van der Waals surface area contributed by atoms with Crippen molar-refractivity contribution >= 4 is 29.6 Å². The first kappa shape index (κ1) is 28.4. The van der Waals surface area contributed by atoms with E-state index >= 15 is 0 Å². The number of aliphatic imine (C=N–C) groups is 1. The first-order chi connectivity index (χ1) is 16.0. The number of benzene rings is 1. The zero-order valence-electron chi connectivity index (χ0n) is 20.0. The Hall–Kier alpha value is -3.63. The van der Waals surface area contributed by atoms with Gasteiger partial charge in [-0.15, -0.1) is 0 Å². The van der Waals surface area contributed by atoms with Gasteiger partial charge in [0.2, 0.25) is 23.6 Å². The number of rotatable bonds is 14. The van der Waals surface area contributed by atoms with Crippen LogP contribution < -0.4 is 33.2 Å². The average molecular weight is 476 g/mol. The summed E-state index contributed by atoms with van der Waals surface area (Å²) in [5.74, 6) is -2.33. The predicted octanol–water partition coefficient (Wildman–Crippen LogP) is -0.712. The summed E-state index contributed by atoms with van der Waals surface area (Å²) >= 11 is 0. The molecular weight excluding hydrogens is 438 g/mol. The fourth-order valence-corrected chi connectivity index (χ4v) is 3.30. The minimum Gasteiger partial charge on any atom is -0.370 e. The Morgan fingerprint density at radius 3 is 2.09 bits per heavy atom. The van der Waals surface area contributed by atoms with Crippen LogP contribution in [0.5, 0.6) is 0 Å². The number of nitrogens with zero attached hydrogens (tertiary/aromatic N) is 1. The number of carbonyl (C=O) groups excluding carboxylic acids is 4. The highest BCUT2D eigenvalue weighted by molar-refractivity contribution is 5.94. The lowest BCUT2D eigenvalue weighted by Gasteiger charge is -2.27. The molecule has 1 aromatic rings. The number of nitrogens with one attached hydrogen (secondary N) is 3. The van der Waals surface area contributed by atoms with E-state index in [0.29, 0.717) is 12.8 Å². The van der Waals surface area contributed by atoms with Crippen molar-refractivity contribution in [3.8, 4) is 0 Å². The first-order valence-electron chi connectivity index (χ1n) is 11.3. The molecule has 0 aromatic heterocycles. The van der Waals surface area contributed by atoms with Gasteiger partial charge in [-0.2, -0.15) is 0 Å². The third kappa shape index (κ3) is 10.3. The highest BCUT2D eigenvalue weighted by atomic mass is 16.2. The standard InChI is InChI=1S/C23H37N7O4/c1-4-14(2)19(28-15(3)31)22(34)30-18(13-16-9-6-5-7-10-16)21(33)29-17(20(24)32)11-8-12-27-23(25)26/h5-7,9-10,14,17-19H,4,8,11-13H2,1-3H3,(H2,24,32)(H,28,31)(H,29,33)(H,30,34)(H4,25,26,27)/t14-,17-,18-,19-/m0/s1. The van der Waals surface area contributed by atoms with Gasteiger partial charge in [-0.25, -0.2) is 0 Å². The molecule has 0 aliphatic heterocycles. The molecule has 188 valence electrons. The van der Waals surface area contributed by atoms with Gasteiger partial charge < -0.3 is 33.2 Å². The second-order valence-electron chi connectivity index (χ2n) is 8.23. The molecule has 0 saturated carbocycles. The minimum absolute atomic E-state index is 0.0691. The lowest BCUT2D eigenvalue weighted by atomic mass is 9.97. The van der Waals surface area contributed by atoms with Crippen molar-refractivity contribution < 1.29 is 19.2 Å². The molecular formula is C23H37N7O4. The van der Waals surface area contributed by atoms with E-state index in [1.54, 1.807) is 0 Å². The van der Waals surface area contributed by atoms with Crippen molar-refractivity contribution in [2.24, 2.45) is 28.1 Å². The van der Waals surface area contributed by atoms with E-state index in [0.717, 1.165) is 5.56 Å². The van der Waals surface area contributed by atoms with Crippen molar-refractivity contribution in [2.75, 3.05) is 6.54 Å². The molecule has 4 atom stereocenters. The largest absolute Gasteiger partial charge is 0.370 e. The summed E-state index contributed by atoms with van der Waals surface area (Å²) in [7, 11) is 0. The molecule has 0 heterocycles. The molecule has 0 aliphatic carbocycles. The zero-order chi connectivity index (χ0) is 25.7. The second kappa shape index (κ2) is 14.5. The molecule has 9 N–H and O–H groups in total. The van der Waals surface area contributed by atoms with Crippen LogP contribution in [0.2, 0.25) is 0 Å². The number of primary amides is 1. The summed E-state index contributed by atoms with van der Waals surface area (Å²) in [4.78, 5) is 53.6. The van der Waals surface area contributed by atoms with Crippen molar-refractivity contribution in [1.29, 1.82) is 0 Å². The normalized spacial score (nSPS) is 14.1. The van der Waals surface area contributed by atoms with E-state index in [1.165, 1.54) is 6.92 Å². The molecule has 0 unspecified atom stereocenters. The van der Waals surface area contributed by atoms with Gasteiger partial charge in [0, 0.05) is 19.9 Å². The second-order valence-corrected chi connectivity index (χ2v) is 8.23. The van der Waals surface area contributed by atoms with Gasteiger partial charge in [0.05, 0.1) is 0 Å². The van der Waals surface area contributed by atoms with Crippen LogP contribution in [0.15, 0.2) is 35.3 Å². The lowest BCUT2D eigenvalue weighted by Crippen LogP contribution is -2.58. The van der Waals surface area contributed by atoms with Crippen LogP contribution in [-0.2, 0) is 25.6 Å². The third-order valence-corrected chi connectivity index (χ3v) is 5.38. The smallest absolute Gasteiger partial charge is 0.243 e. The van der Waals surface area contributed by atoms with Crippen LogP contribution >= 0.6 is 0 Å². The number of carbonyl (C=O) groups is 4. The predicted molar refractivity (Wildman–Crippen MR) is 130 cm³/mol. The average Bonchev–Trinajstić information content (AvgIpc) is 2.78. The van der Waals surface area contributed by atoms with Gasteiger partial charge in [0.15, 0.2) is 5.96 Å². The van der Waals surface area contributed by atoms with E-state index in [-0.39, 0.29) is 37.2 Å². The quantitative estimate of drug-likeness (QED) is 0.117. The van der Waals surface area contributed by atoms with Crippen molar-refractivity contribution in [2.45, 2.75) is 64.6 Å². The fourth-order valence-electron chi connectivity index (χ4n) is 3.30. The van der Waals surface area contributed by atoms with E-state index < -0.39 is 35.8 Å². The third-order valence-electron chi connectivity index (χ3n) is 5.38. The van der Waals surface area contributed by atoms with Crippen LogP contribution in [-0.4, -0.2) is 54.3 Å². The van der Waals surface area contributed by atoms with Gasteiger partial charge >= 0.3 is 0 Å². The Morgan fingerprint density at radius 1 is 0.941 bits per heavy atom. The molecule has 11 heteroatoms. The summed E-state index contributed by atoms with van der Waals surface area (Å²) in [5.41, 5.74) is 16.9. The van der Waals surface area contributed by atoms with Gasteiger partial charge in [0.25, 0.3) is 0 Å². The number of hydrogen-bond acceptors (Lipinski definition) is 5. The Labute approximate surface area is 200 Å². The van der Waals surface area contributed by atoms with E-state index in [9.17, 15) is 19.2 Å². The molecule has 1 aromatic carbocycles. The van der Waals surface area contributed by atoms with E-state index in [1.807, 2.05) is 44.2 Å². The van der Waals surface area contributed by atoms with Gasteiger partial charge in [-0.05, 0) is 24.3 Å². The summed E-state index contributed by atoms with van der Waals surface area (Å²) < 4.78 is 0.